The molecule has 0 N–H and O–H groups in total. The van der Waals surface area contributed by atoms with Gasteiger partial charge in [0.25, 0.3) is 0 Å². The Morgan fingerprint density at radius 2 is 1.53 bits per heavy atom. The molecule has 1 heteroatoms. The van der Waals surface area contributed by atoms with Crippen LogP contribution in [0.2, 0.25) is 0 Å². The second-order valence-corrected chi connectivity index (χ2v) is 4.79. The van der Waals surface area contributed by atoms with E-state index in [1.807, 2.05) is 13.0 Å². The first-order valence-electron chi connectivity index (χ1n) is 5.94. The maximum Gasteiger partial charge on any atom is 0.124 e. The van der Waals surface area contributed by atoms with Crippen LogP contribution in [0.1, 0.15) is 30.9 Å². The molecule has 0 spiro atoms. The second-order valence-electron chi connectivity index (χ2n) is 4.79. The fourth-order valence-electron chi connectivity index (χ4n) is 1.96. The normalized spacial score (nSPS) is 10.9. The van der Waals surface area contributed by atoms with Gasteiger partial charge < -0.3 is 0 Å². The van der Waals surface area contributed by atoms with Crippen LogP contribution in [0, 0.1) is 12.7 Å². The van der Waals surface area contributed by atoms with E-state index in [1.165, 1.54) is 5.56 Å². The molecule has 0 heterocycles. The van der Waals surface area contributed by atoms with Gasteiger partial charge in [0.15, 0.2) is 0 Å². The average Bonchev–Trinajstić information content (AvgIpc) is 2.28. The van der Waals surface area contributed by atoms with Gasteiger partial charge in [0.2, 0.25) is 0 Å². The summed E-state index contributed by atoms with van der Waals surface area (Å²) in [5.41, 5.74) is 4.27. The first-order chi connectivity index (χ1) is 8.06. The number of halogens is 1. The number of aryl methyl sites for hydroxylation is 1. The Morgan fingerprint density at radius 1 is 0.882 bits per heavy atom. The molecule has 0 atom stereocenters. The van der Waals surface area contributed by atoms with Crippen molar-refractivity contribution in [2.45, 2.75) is 26.7 Å². The first-order valence-corrected chi connectivity index (χ1v) is 5.94. The van der Waals surface area contributed by atoms with Crippen LogP contribution < -0.4 is 0 Å². The molecule has 0 saturated heterocycles. The topological polar surface area (TPSA) is 0 Å². The van der Waals surface area contributed by atoms with Crippen molar-refractivity contribution in [1.82, 2.24) is 0 Å². The number of rotatable bonds is 2. The molecule has 0 aliphatic rings. The molecule has 0 saturated carbocycles. The Kier molecular flexibility index (Phi) is 3.28. The molecule has 0 fully saturated rings. The fourth-order valence-corrected chi connectivity index (χ4v) is 1.96. The van der Waals surface area contributed by atoms with Crippen LogP contribution in [-0.2, 0) is 0 Å². The fraction of sp³-hybridized carbons (Fsp3) is 0.250. The summed E-state index contributed by atoms with van der Waals surface area (Å²) < 4.78 is 13.3. The van der Waals surface area contributed by atoms with E-state index in [-0.39, 0.29) is 5.82 Å². The molecule has 0 radical (unpaired) electrons. The van der Waals surface area contributed by atoms with Gasteiger partial charge in [0.05, 0.1) is 0 Å². The van der Waals surface area contributed by atoms with Crippen molar-refractivity contribution in [3.8, 4) is 11.1 Å². The van der Waals surface area contributed by atoms with Crippen LogP contribution >= 0.6 is 0 Å². The number of hydrogen-bond donors (Lipinski definition) is 0. The van der Waals surface area contributed by atoms with E-state index in [9.17, 15) is 4.39 Å². The monoisotopic (exact) mass is 228 g/mol. The quantitative estimate of drug-likeness (QED) is 0.684. The molecule has 17 heavy (non-hydrogen) atoms. The molecule has 2 aromatic carbocycles. The lowest BCUT2D eigenvalue weighted by Crippen LogP contribution is -1.87. The summed E-state index contributed by atoms with van der Waals surface area (Å²) in [6.45, 7) is 6.25. The summed E-state index contributed by atoms with van der Waals surface area (Å²) in [6.07, 6.45) is 0. The standard InChI is InChI=1S/C16H17F/c1-11(2)13-4-6-14(7-5-13)15-8-12(3)9-16(17)10-15/h4-11H,1-3H3. The van der Waals surface area contributed by atoms with Crippen molar-refractivity contribution in [2.24, 2.45) is 0 Å². The van der Waals surface area contributed by atoms with Crippen LogP contribution in [0.5, 0.6) is 0 Å². The van der Waals surface area contributed by atoms with E-state index >= 15 is 0 Å². The SMILES string of the molecule is Cc1cc(F)cc(-c2ccc(C(C)C)cc2)c1. The van der Waals surface area contributed by atoms with Crippen LogP contribution in [-0.4, -0.2) is 0 Å². The van der Waals surface area contributed by atoms with Crippen molar-refractivity contribution >= 4 is 0 Å². The van der Waals surface area contributed by atoms with Crippen molar-refractivity contribution < 1.29 is 4.39 Å². The third-order valence-electron chi connectivity index (χ3n) is 2.95. The zero-order valence-electron chi connectivity index (χ0n) is 10.5. The zero-order valence-corrected chi connectivity index (χ0v) is 10.5. The lowest BCUT2D eigenvalue weighted by atomic mass is 9.98. The molecule has 0 nitrogen and oxygen atoms in total. The van der Waals surface area contributed by atoms with Crippen molar-refractivity contribution in [2.75, 3.05) is 0 Å². The molecular weight excluding hydrogens is 211 g/mol. The van der Waals surface area contributed by atoms with E-state index in [2.05, 4.69) is 38.1 Å². The lowest BCUT2D eigenvalue weighted by molar-refractivity contribution is 0.627. The van der Waals surface area contributed by atoms with E-state index in [4.69, 9.17) is 0 Å². The predicted molar refractivity (Wildman–Crippen MR) is 70.7 cm³/mol. The highest BCUT2D eigenvalue weighted by Crippen LogP contribution is 2.24. The minimum atomic E-state index is -0.173. The Labute approximate surface area is 102 Å². The van der Waals surface area contributed by atoms with Crippen LogP contribution in [0.15, 0.2) is 42.5 Å². The first kappa shape index (κ1) is 11.8. The highest BCUT2D eigenvalue weighted by molar-refractivity contribution is 5.64. The van der Waals surface area contributed by atoms with Crippen molar-refractivity contribution in [1.29, 1.82) is 0 Å². The predicted octanol–water partition coefficient (Wildman–Crippen LogP) is 4.92. The van der Waals surface area contributed by atoms with Crippen LogP contribution in [0.4, 0.5) is 4.39 Å². The van der Waals surface area contributed by atoms with Gasteiger partial charge in [-0.15, -0.1) is 0 Å². The van der Waals surface area contributed by atoms with E-state index in [1.54, 1.807) is 12.1 Å². The third-order valence-corrected chi connectivity index (χ3v) is 2.95. The Morgan fingerprint density at radius 3 is 2.06 bits per heavy atom. The molecule has 2 rings (SSSR count). The summed E-state index contributed by atoms with van der Waals surface area (Å²) >= 11 is 0. The second kappa shape index (κ2) is 4.70. The zero-order chi connectivity index (χ0) is 12.4. The number of benzene rings is 2. The molecular formula is C16H17F. The minimum Gasteiger partial charge on any atom is -0.207 e. The Balaban J connectivity index is 2.39. The highest BCUT2D eigenvalue weighted by Gasteiger charge is 2.03. The van der Waals surface area contributed by atoms with E-state index < -0.39 is 0 Å². The van der Waals surface area contributed by atoms with Crippen LogP contribution in [0.25, 0.3) is 11.1 Å². The summed E-state index contributed by atoms with van der Waals surface area (Å²) in [7, 11) is 0. The van der Waals surface area contributed by atoms with Gasteiger partial charge in [-0.1, -0.05) is 44.2 Å². The Hall–Kier alpha value is -1.63. The summed E-state index contributed by atoms with van der Waals surface area (Å²) in [4.78, 5) is 0. The third kappa shape index (κ3) is 2.73. The summed E-state index contributed by atoms with van der Waals surface area (Å²) in [5.74, 6) is 0.353. The van der Waals surface area contributed by atoms with Gasteiger partial charge >= 0.3 is 0 Å². The molecule has 2 aromatic rings. The molecule has 0 aliphatic carbocycles. The largest absolute Gasteiger partial charge is 0.207 e. The number of hydrogen-bond acceptors (Lipinski definition) is 0. The molecule has 0 aliphatic heterocycles. The average molecular weight is 228 g/mol. The van der Waals surface area contributed by atoms with Gasteiger partial charge in [0.1, 0.15) is 5.82 Å². The molecule has 0 amide bonds. The summed E-state index contributed by atoms with van der Waals surface area (Å²) in [5, 5.41) is 0. The van der Waals surface area contributed by atoms with Crippen LogP contribution in [0.3, 0.4) is 0 Å². The van der Waals surface area contributed by atoms with E-state index in [0.29, 0.717) is 5.92 Å². The highest BCUT2D eigenvalue weighted by atomic mass is 19.1. The van der Waals surface area contributed by atoms with E-state index in [0.717, 1.165) is 16.7 Å². The van der Waals surface area contributed by atoms with Gasteiger partial charge in [-0.2, -0.15) is 0 Å². The maximum atomic E-state index is 13.3. The van der Waals surface area contributed by atoms with Gasteiger partial charge in [0, 0.05) is 0 Å². The van der Waals surface area contributed by atoms with Gasteiger partial charge in [-0.3, -0.25) is 0 Å². The van der Waals surface area contributed by atoms with Gasteiger partial charge in [-0.05, 0) is 47.2 Å². The lowest BCUT2D eigenvalue weighted by Gasteiger charge is -2.08. The molecule has 88 valence electrons. The molecule has 0 unspecified atom stereocenters. The molecule has 0 bridgehead atoms. The summed E-state index contributed by atoms with van der Waals surface area (Å²) in [6, 6.07) is 13.5. The maximum absolute atomic E-state index is 13.3. The van der Waals surface area contributed by atoms with Gasteiger partial charge in [-0.25, -0.2) is 4.39 Å². The Bertz CT molecular complexity index is 489. The van der Waals surface area contributed by atoms with Crippen molar-refractivity contribution in [3.63, 3.8) is 0 Å². The minimum absolute atomic E-state index is 0.173. The van der Waals surface area contributed by atoms with Crippen molar-refractivity contribution in [3.05, 3.63) is 59.4 Å². The smallest absolute Gasteiger partial charge is 0.124 e. The molecule has 0 aromatic heterocycles.